The number of aliphatic hydroxyl groups excluding tert-OH is 1. The number of aromatic nitrogens is 1. The monoisotopic (exact) mass is 193 g/mol. The first-order valence-corrected chi connectivity index (χ1v) is 4.87. The molecule has 1 aliphatic rings. The normalized spacial score (nSPS) is 17.9. The van der Waals surface area contributed by atoms with E-state index in [0.717, 1.165) is 30.6 Å². The van der Waals surface area contributed by atoms with E-state index in [0.29, 0.717) is 0 Å². The van der Waals surface area contributed by atoms with Gasteiger partial charge < -0.3 is 9.84 Å². The highest BCUT2D eigenvalue weighted by atomic mass is 16.5. The number of nitrogens with zero attached hydrogens (tertiary/aromatic N) is 1. The summed E-state index contributed by atoms with van der Waals surface area (Å²) in [5.74, 6) is 0.788. The second-order valence-corrected chi connectivity index (χ2v) is 4.07. The van der Waals surface area contributed by atoms with Gasteiger partial charge in [-0.3, -0.25) is 4.98 Å². The van der Waals surface area contributed by atoms with E-state index in [1.807, 2.05) is 12.3 Å². The molecule has 1 saturated carbocycles. The molecule has 0 aromatic carbocycles. The van der Waals surface area contributed by atoms with E-state index in [1.54, 1.807) is 13.3 Å². The molecule has 0 saturated heterocycles. The van der Waals surface area contributed by atoms with Crippen LogP contribution in [-0.2, 0) is 6.42 Å². The fourth-order valence-corrected chi connectivity index (χ4v) is 1.67. The van der Waals surface area contributed by atoms with Gasteiger partial charge in [-0.25, -0.2) is 0 Å². The van der Waals surface area contributed by atoms with Crippen LogP contribution in [-0.4, -0.2) is 23.8 Å². The summed E-state index contributed by atoms with van der Waals surface area (Å²) >= 11 is 0. The Morgan fingerprint density at radius 3 is 2.86 bits per heavy atom. The zero-order valence-electron chi connectivity index (χ0n) is 8.36. The molecule has 1 aliphatic carbocycles. The molecule has 1 N–H and O–H groups in total. The molecule has 0 aliphatic heterocycles. The Hall–Kier alpha value is -1.09. The molecule has 1 aromatic rings. The Labute approximate surface area is 83.7 Å². The topological polar surface area (TPSA) is 42.4 Å². The lowest BCUT2D eigenvalue weighted by Gasteiger charge is -2.11. The highest BCUT2D eigenvalue weighted by Gasteiger charge is 2.41. The van der Waals surface area contributed by atoms with Crippen LogP contribution in [0.3, 0.4) is 0 Å². The van der Waals surface area contributed by atoms with Crippen molar-refractivity contribution in [3.8, 4) is 5.75 Å². The van der Waals surface area contributed by atoms with Crippen molar-refractivity contribution in [2.45, 2.75) is 19.3 Å². The molecule has 1 aromatic heterocycles. The van der Waals surface area contributed by atoms with E-state index < -0.39 is 0 Å². The Balaban J connectivity index is 2.09. The van der Waals surface area contributed by atoms with Gasteiger partial charge >= 0.3 is 0 Å². The Morgan fingerprint density at radius 2 is 2.29 bits per heavy atom. The minimum absolute atomic E-state index is 0.147. The van der Waals surface area contributed by atoms with E-state index in [1.165, 1.54) is 0 Å². The lowest BCUT2D eigenvalue weighted by molar-refractivity contribution is 0.211. The van der Waals surface area contributed by atoms with Crippen LogP contribution in [0.25, 0.3) is 0 Å². The van der Waals surface area contributed by atoms with Gasteiger partial charge in [-0.1, -0.05) is 0 Å². The van der Waals surface area contributed by atoms with Crippen LogP contribution in [0.2, 0.25) is 0 Å². The molecule has 76 valence electrons. The molecule has 0 radical (unpaired) electrons. The Bertz CT molecular complexity index is 321. The van der Waals surface area contributed by atoms with Crippen LogP contribution in [0.4, 0.5) is 0 Å². The van der Waals surface area contributed by atoms with Gasteiger partial charge in [-0.2, -0.15) is 0 Å². The molecule has 3 heteroatoms. The predicted octanol–water partition coefficient (Wildman–Crippen LogP) is 1.41. The van der Waals surface area contributed by atoms with E-state index in [9.17, 15) is 5.11 Å². The van der Waals surface area contributed by atoms with Crippen LogP contribution >= 0.6 is 0 Å². The Morgan fingerprint density at radius 1 is 1.50 bits per heavy atom. The molecule has 0 amide bonds. The molecule has 0 unspecified atom stereocenters. The van der Waals surface area contributed by atoms with Gasteiger partial charge in [0, 0.05) is 12.8 Å². The summed E-state index contributed by atoms with van der Waals surface area (Å²) in [4.78, 5) is 4.10. The summed E-state index contributed by atoms with van der Waals surface area (Å²) in [6.45, 7) is 0.282. The molecule has 0 atom stereocenters. The number of hydrogen-bond acceptors (Lipinski definition) is 3. The number of methoxy groups -OCH3 is 1. The lowest BCUT2D eigenvalue weighted by atomic mass is 9.99. The average molecular weight is 193 g/mol. The van der Waals surface area contributed by atoms with Crippen molar-refractivity contribution in [3.05, 3.63) is 24.0 Å². The molecule has 1 fully saturated rings. The van der Waals surface area contributed by atoms with Crippen LogP contribution in [0.5, 0.6) is 5.75 Å². The molecular formula is C11H15NO2. The van der Waals surface area contributed by atoms with Crippen molar-refractivity contribution in [1.82, 2.24) is 4.98 Å². The molecule has 3 nitrogen and oxygen atoms in total. The number of aliphatic hydroxyl groups is 1. The van der Waals surface area contributed by atoms with Gasteiger partial charge in [0.1, 0.15) is 5.75 Å². The maximum atomic E-state index is 9.19. The third-order valence-corrected chi connectivity index (χ3v) is 2.88. The average Bonchev–Trinajstić information content (AvgIpc) is 2.99. The summed E-state index contributed by atoms with van der Waals surface area (Å²) in [7, 11) is 1.64. The first-order valence-electron chi connectivity index (χ1n) is 4.87. The molecular weight excluding hydrogens is 178 g/mol. The lowest BCUT2D eigenvalue weighted by Crippen LogP contribution is -2.10. The minimum Gasteiger partial charge on any atom is -0.495 e. The number of hydrogen-bond donors (Lipinski definition) is 1. The third-order valence-electron chi connectivity index (χ3n) is 2.88. The van der Waals surface area contributed by atoms with Gasteiger partial charge in [0.2, 0.25) is 0 Å². The molecule has 2 rings (SSSR count). The maximum absolute atomic E-state index is 9.19. The number of ether oxygens (including phenoxy) is 1. The fourth-order valence-electron chi connectivity index (χ4n) is 1.67. The summed E-state index contributed by atoms with van der Waals surface area (Å²) in [6, 6.07) is 1.99. The summed E-state index contributed by atoms with van der Waals surface area (Å²) in [6.07, 6.45) is 6.70. The standard InChI is InChI=1S/C11H15NO2/c1-14-10-4-9(6-12-7-10)5-11(8-13)2-3-11/h4,6-7,13H,2-3,5,8H2,1H3. The predicted molar refractivity (Wildman–Crippen MR) is 53.2 cm³/mol. The molecule has 0 bridgehead atoms. The van der Waals surface area contributed by atoms with E-state index in [-0.39, 0.29) is 12.0 Å². The van der Waals surface area contributed by atoms with E-state index in [2.05, 4.69) is 4.98 Å². The van der Waals surface area contributed by atoms with Crippen LogP contribution < -0.4 is 4.74 Å². The fraction of sp³-hybridized carbons (Fsp3) is 0.545. The van der Waals surface area contributed by atoms with Gasteiger partial charge in [-0.15, -0.1) is 0 Å². The van der Waals surface area contributed by atoms with Crippen LogP contribution in [0.15, 0.2) is 18.5 Å². The first kappa shape index (κ1) is 9.46. The summed E-state index contributed by atoms with van der Waals surface area (Å²) < 4.78 is 5.10. The highest BCUT2D eigenvalue weighted by Crippen LogP contribution is 2.47. The summed E-state index contributed by atoms with van der Waals surface area (Å²) in [5, 5.41) is 9.19. The summed E-state index contributed by atoms with van der Waals surface area (Å²) in [5.41, 5.74) is 1.30. The largest absolute Gasteiger partial charge is 0.495 e. The number of rotatable bonds is 4. The minimum atomic E-state index is 0.147. The zero-order valence-corrected chi connectivity index (χ0v) is 8.36. The van der Waals surface area contributed by atoms with Crippen molar-refractivity contribution in [1.29, 1.82) is 0 Å². The second-order valence-electron chi connectivity index (χ2n) is 4.07. The van der Waals surface area contributed by atoms with Gasteiger partial charge in [0.25, 0.3) is 0 Å². The van der Waals surface area contributed by atoms with Crippen LogP contribution in [0.1, 0.15) is 18.4 Å². The zero-order chi connectivity index (χ0) is 10.0. The SMILES string of the molecule is COc1cncc(CC2(CO)CC2)c1. The van der Waals surface area contributed by atoms with Crippen molar-refractivity contribution < 1.29 is 9.84 Å². The third kappa shape index (κ3) is 1.87. The van der Waals surface area contributed by atoms with Crippen molar-refractivity contribution in [2.24, 2.45) is 5.41 Å². The maximum Gasteiger partial charge on any atom is 0.137 e. The second kappa shape index (κ2) is 3.58. The van der Waals surface area contributed by atoms with Gasteiger partial charge in [0.05, 0.1) is 13.3 Å². The smallest absolute Gasteiger partial charge is 0.137 e. The Kier molecular flexibility index (Phi) is 2.42. The highest BCUT2D eigenvalue weighted by molar-refractivity contribution is 5.25. The molecule has 14 heavy (non-hydrogen) atoms. The van der Waals surface area contributed by atoms with Gasteiger partial charge in [-0.05, 0) is 36.3 Å². The molecule has 1 heterocycles. The van der Waals surface area contributed by atoms with Crippen molar-refractivity contribution >= 4 is 0 Å². The van der Waals surface area contributed by atoms with Crippen molar-refractivity contribution in [2.75, 3.05) is 13.7 Å². The van der Waals surface area contributed by atoms with E-state index >= 15 is 0 Å². The first-order chi connectivity index (χ1) is 6.78. The van der Waals surface area contributed by atoms with Crippen molar-refractivity contribution in [3.63, 3.8) is 0 Å². The van der Waals surface area contributed by atoms with E-state index in [4.69, 9.17) is 4.74 Å². The van der Waals surface area contributed by atoms with Crippen LogP contribution in [0, 0.1) is 5.41 Å². The molecule has 0 spiro atoms. The number of pyridine rings is 1. The van der Waals surface area contributed by atoms with Gasteiger partial charge in [0.15, 0.2) is 0 Å². The quantitative estimate of drug-likeness (QED) is 0.786.